The van der Waals surface area contributed by atoms with Crippen molar-refractivity contribution in [2.45, 2.75) is 6.92 Å². The van der Waals surface area contributed by atoms with E-state index in [2.05, 4.69) is 0 Å². The van der Waals surface area contributed by atoms with Crippen LogP contribution in [-0.4, -0.2) is 35.5 Å². The van der Waals surface area contributed by atoms with E-state index in [1.54, 1.807) is 36.4 Å². The maximum absolute atomic E-state index is 14.0. The van der Waals surface area contributed by atoms with Gasteiger partial charge in [-0.1, -0.05) is 24.3 Å². The summed E-state index contributed by atoms with van der Waals surface area (Å²) in [6, 6.07) is 14.8. The first kappa shape index (κ1) is 20.5. The lowest BCUT2D eigenvalue weighted by Gasteiger charge is -2.18. The summed E-state index contributed by atoms with van der Waals surface area (Å²) in [5, 5.41) is 10.8. The number of phenolic OH excluding ortho intramolecular Hbond substituents is 1. The van der Waals surface area contributed by atoms with Crippen molar-refractivity contribution in [2.75, 3.05) is 14.2 Å². The maximum atomic E-state index is 14.0. The molecule has 7 nitrogen and oxygen atoms in total. The monoisotopic (exact) mass is 441 g/mol. The van der Waals surface area contributed by atoms with Gasteiger partial charge in [-0.3, -0.25) is 19.0 Å². The molecule has 0 saturated carbocycles. The van der Waals surface area contributed by atoms with Gasteiger partial charge in [-0.05, 0) is 37.3 Å². The molecular formula is C26H19NO6. The molecule has 0 fully saturated rings. The molecule has 3 aromatic carbocycles. The van der Waals surface area contributed by atoms with Crippen molar-refractivity contribution >= 4 is 22.3 Å². The summed E-state index contributed by atoms with van der Waals surface area (Å²) in [6.07, 6.45) is 0. The largest absolute Gasteiger partial charge is 0.507 e. The lowest BCUT2D eigenvalue weighted by molar-refractivity contribution is 0.101. The molecule has 7 heteroatoms. The minimum Gasteiger partial charge on any atom is -0.507 e. The number of phenols is 1. The van der Waals surface area contributed by atoms with Crippen molar-refractivity contribution in [1.29, 1.82) is 0 Å². The first-order chi connectivity index (χ1) is 15.9. The fourth-order valence-corrected chi connectivity index (χ4v) is 4.50. The topological polar surface area (TPSA) is 94.8 Å². The number of ether oxygens (including phenoxy) is 2. The third-order valence-electron chi connectivity index (χ3n) is 5.96. The molecule has 0 radical (unpaired) electrons. The predicted octanol–water partition coefficient (Wildman–Crippen LogP) is 4.13. The fourth-order valence-electron chi connectivity index (χ4n) is 4.50. The van der Waals surface area contributed by atoms with Crippen LogP contribution in [0.25, 0.3) is 27.7 Å². The number of pyridine rings is 1. The highest BCUT2D eigenvalue weighted by Gasteiger charge is 2.34. The third kappa shape index (κ3) is 2.79. The van der Waals surface area contributed by atoms with Crippen LogP contribution in [0, 0.1) is 0 Å². The van der Waals surface area contributed by atoms with Crippen LogP contribution >= 0.6 is 0 Å². The Bertz CT molecular complexity index is 1560. The van der Waals surface area contributed by atoms with Crippen molar-refractivity contribution in [3.05, 3.63) is 81.6 Å². The van der Waals surface area contributed by atoms with Crippen LogP contribution in [0.3, 0.4) is 0 Å². The van der Waals surface area contributed by atoms with Crippen molar-refractivity contribution in [2.24, 2.45) is 0 Å². The van der Waals surface area contributed by atoms with Gasteiger partial charge in [0.15, 0.2) is 23.1 Å². The number of nitrogens with zero attached hydrogens (tertiary/aromatic N) is 1. The predicted molar refractivity (Wildman–Crippen MR) is 123 cm³/mol. The molecule has 0 amide bonds. The highest BCUT2D eigenvalue weighted by Crippen LogP contribution is 2.44. The van der Waals surface area contributed by atoms with E-state index in [0.29, 0.717) is 39.2 Å². The van der Waals surface area contributed by atoms with Gasteiger partial charge in [0.2, 0.25) is 0 Å². The second kappa shape index (κ2) is 7.34. The van der Waals surface area contributed by atoms with E-state index in [4.69, 9.17) is 9.47 Å². The maximum Gasteiger partial charge on any atom is 0.267 e. The summed E-state index contributed by atoms with van der Waals surface area (Å²) in [5.74, 6) is -0.183. The van der Waals surface area contributed by atoms with E-state index in [-0.39, 0.29) is 34.0 Å². The van der Waals surface area contributed by atoms with Crippen LogP contribution in [0.2, 0.25) is 0 Å². The lowest BCUT2D eigenvalue weighted by atomic mass is 10.0. The van der Waals surface area contributed by atoms with E-state index in [1.165, 1.54) is 43.9 Å². The summed E-state index contributed by atoms with van der Waals surface area (Å²) >= 11 is 0. The quantitative estimate of drug-likeness (QED) is 0.422. The number of Topliss-reactive ketones (excluding diaryl/α,β-unsaturated/α-hetero) is 1. The van der Waals surface area contributed by atoms with Gasteiger partial charge in [0, 0.05) is 16.5 Å². The molecule has 1 heterocycles. The SMILES string of the molecule is COc1ccc2c3c(n(-c4ccc(O)c(C(C)=O)c4)c(=O)c2c1OC)-c1ccccc1C3=O. The average molecular weight is 441 g/mol. The lowest BCUT2D eigenvalue weighted by Crippen LogP contribution is -2.22. The number of hydrogen-bond donors (Lipinski definition) is 1. The molecule has 0 spiro atoms. The number of aromatic hydroxyl groups is 1. The number of hydrogen-bond acceptors (Lipinski definition) is 6. The van der Waals surface area contributed by atoms with Crippen LogP contribution in [0.15, 0.2) is 59.4 Å². The summed E-state index contributed by atoms with van der Waals surface area (Å²) in [5.41, 5.74) is 1.87. The highest BCUT2D eigenvalue weighted by atomic mass is 16.5. The first-order valence-electron chi connectivity index (χ1n) is 10.2. The molecule has 5 rings (SSSR count). The van der Waals surface area contributed by atoms with Crippen molar-refractivity contribution in [1.82, 2.24) is 4.57 Å². The zero-order chi connectivity index (χ0) is 23.4. The number of methoxy groups -OCH3 is 2. The molecule has 0 aliphatic heterocycles. The Morgan fingerprint density at radius 1 is 0.939 bits per heavy atom. The fraction of sp³-hybridized carbons (Fsp3) is 0.115. The van der Waals surface area contributed by atoms with E-state index >= 15 is 0 Å². The smallest absolute Gasteiger partial charge is 0.267 e. The van der Waals surface area contributed by atoms with Crippen LogP contribution in [0.1, 0.15) is 33.2 Å². The number of rotatable bonds is 4. The molecule has 1 aliphatic carbocycles. The molecule has 1 N–H and O–H groups in total. The standard InChI is InChI=1S/C26H19NO6/c1-13(28)18-12-14(8-10-19(18)29)27-23-15-6-4-5-7-16(15)24(30)21(23)17-9-11-20(32-2)25(33-3)22(17)26(27)31/h4-12,29H,1-3H3. The number of aromatic nitrogens is 1. The summed E-state index contributed by atoms with van der Waals surface area (Å²) < 4.78 is 12.3. The minimum atomic E-state index is -0.441. The minimum absolute atomic E-state index is 0.0727. The van der Waals surface area contributed by atoms with E-state index in [9.17, 15) is 19.5 Å². The summed E-state index contributed by atoms with van der Waals surface area (Å²) in [4.78, 5) is 39.6. The van der Waals surface area contributed by atoms with Gasteiger partial charge in [0.1, 0.15) is 5.75 Å². The molecule has 0 saturated heterocycles. The first-order valence-corrected chi connectivity index (χ1v) is 10.2. The Morgan fingerprint density at radius 3 is 2.33 bits per heavy atom. The number of carbonyl (C=O) groups is 2. The van der Waals surface area contributed by atoms with Gasteiger partial charge >= 0.3 is 0 Å². The van der Waals surface area contributed by atoms with Gasteiger partial charge in [0.25, 0.3) is 5.56 Å². The van der Waals surface area contributed by atoms with Crippen molar-refractivity contribution in [3.8, 4) is 34.2 Å². The second-order valence-electron chi connectivity index (χ2n) is 7.72. The highest BCUT2D eigenvalue weighted by molar-refractivity contribution is 6.27. The summed E-state index contributed by atoms with van der Waals surface area (Å²) in [7, 11) is 2.90. The number of benzene rings is 3. The molecule has 33 heavy (non-hydrogen) atoms. The number of fused-ring (bicyclic) bond motifs is 5. The van der Waals surface area contributed by atoms with Crippen molar-refractivity contribution in [3.63, 3.8) is 0 Å². The Morgan fingerprint density at radius 2 is 1.67 bits per heavy atom. The zero-order valence-corrected chi connectivity index (χ0v) is 18.1. The summed E-state index contributed by atoms with van der Waals surface area (Å²) in [6.45, 7) is 1.33. The van der Waals surface area contributed by atoms with E-state index in [1.807, 2.05) is 0 Å². The second-order valence-corrected chi connectivity index (χ2v) is 7.72. The van der Waals surface area contributed by atoms with Gasteiger partial charge in [-0.15, -0.1) is 0 Å². The molecule has 0 unspecified atom stereocenters. The molecule has 164 valence electrons. The van der Waals surface area contributed by atoms with E-state index in [0.717, 1.165) is 0 Å². The zero-order valence-electron chi connectivity index (χ0n) is 18.1. The Labute approximate surface area is 188 Å². The van der Waals surface area contributed by atoms with Crippen LogP contribution in [-0.2, 0) is 0 Å². The molecular weight excluding hydrogens is 422 g/mol. The van der Waals surface area contributed by atoms with Crippen LogP contribution in [0.5, 0.6) is 17.2 Å². The number of carbonyl (C=O) groups excluding carboxylic acids is 2. The molecule has 1 aromatic heterocycles. The van der Waals surface area contributed by atoms with Gasteiger partial charge in [-0.2, -0.15) is 0 Å². The van der Waals surface area contributed by atoms with Gasteiger partial charge < -0.3 is 14.6 Å². The average Bonchev–Trinajstić information content (AvgIpc) is 3.11. The Kier molecular flexibility index (Phi) is 4.56. The molecule has 1 aliphatic rings. The Hall–Kier alpha value is -4.39. The normalized spacial score (nSPS) is 11.9. The van der Waals surface area contributed by atoms with Gasteiger partial charge in [0.05, 0.1) is 42.1 Å². The Balaban J connectivity index is 2.02. The van der Waals surface area contributed by atoms with Crippen LogP contribution < -0.4 is 15.0 Å². The van der Waals surface area contributed by atoms with E-state index < -0.39 is 5.56 Å². The third-order valence-corrected chi connectivity index (χ3v) is 5.96. The number of ketones is 2. The molecule has 0 atom stereocenters. The molecule has 0 bridgehead atoms. The van der Waals surface area contributed by atoms with Gasteiger partial charge in [-0.25, -0.2) is 0 Å². The van der Waals surface area contributed by atoms with Crippen molar-refractivity contribution < 1.29 is 24.2 Å². The molecule has 4 aromatic rings. The van der Waals surface area contributed by atoms with Crippen LogP contribution in [0.4, 0.5) is 0 Å².